The average molecular weight is 352 g/mol. The molecule has 112 valence electrons. The van der Waals surface area contributed by atoms with Crippen molar-refractivity contribution in [3.05, 3.63) is 63.9 Å². The van der Waals surface area contributed by atoms with Crippen LogP contribution in [0.1, 0.15) is 11.1 Å². The first-order chi connectivity index (χ1) is 10.1. The van der Waals surface area contributed by atoms with Crippen LogP contribution in [0.15, 0.2) is 46.9 Å². The molecule has 2 N–H and O–H groups in total. The van der Waals surface area contributed by atoms with E-state index in [0.29, 0.717) is 18.5 Å². The highest BCUT2D eigenvalue weighted by molar-refractivity contribution is 9.10. The molecule has 0 spiro atoms. The van der Waals surface area contributed by atoms with Gasteiger partial charge in [0.2, 0.25) is 0 Å². The van der Waals surface area contributed by atoms with Gasteiger partial charge >= 0.3 is 0 Å². The van der Waals surface area contributed by atoms with Crippen LogP contribution < -0.4 is 10.5 Å². The fourth-order valence-electron chi connectivity index (χ4n) is 2.38. The zero-order valence-corrected chi connectivity index (χ0v) is 13.6. The molecule has 1 unspecified atom stereocenters. The Bertz CT molecular complexity index is 603. The molecule has 21 heavy (non-hydrogen) atoms. The minimum atomic E-state index is -0.178. The van der Waals surface area contributed by atoms with Crippen molar-refractivity contribution in [3.8, 4) is 5.75 Å². The maximum atomic E-state index is 13.8. The summed E-state index contributed by atoms with van der Waals surface area (Å²) < 4.78 is 20.0. The molecule has 0 aromatic heterocycles. The Morgan fingerprint density at radius 2 is 2.00 bits per heavy atom. The molecule has 0 amide bonds. The lowest BCUT2D eigenvalue weighted by Gasteiger charge is -2.16. The number of hydrogen-bond acceptors (Lipinski definition) is 2. The third kappa shape index (κ3) is 4.55. The third-order valence-corrected chi connectivity index (χ3v) is 4.00. The maximum Gasteiger partial charge on any atom is 0.126 e. The molecule has 0 aliphatic heterocycles. The van der Waals surface area contributed by atoms with E-state index in [-0.39, 0.29) is 11.7 Å². The van der Waals surface area contributed by atoms with Gasteiger partial charge in [-0.1, -0.05) is 28.1 Å². The highest BCUT2D eigenvalue weighted by atomic mass is 79.9. The Balaban J connectivity index is 2.10. The first-order valence-corrected chi connectivity index (χ1v) is 7.68. The number of halogens is 2. The largest absolute Gasteiger partial charge is 0.497 e. The number of methoxy groups -OCH3 is 1. The van der Waals surface area contributed by atoms with Crippen LogP contribution in [0.4, 0.5) is 4.39 Å². The SMILES string of the molecule is COc1cccc(CC(CN)Cc2cc(Br)ccc2F)c1. The van der Waals surface area contributed by atoms with Crippen LogP contribution >= 0.6 is 15.9 Å². The fraction of sp³-hybridized carbons (Fsp3) is 0.294. The smallest absolute Gasteiger partial charge is 0.126 e. The maximum absolute atomic E-state index is 13.8. The van der Waals surface area contributed by atoms with Crippen molar-refractivity contribution < 1.29 is 9.13 Å². The lowest BCUT2D eigenvalue weighted by molar-refractivity contribution is 0.413. The molecule has 4 heteroatoms. The van der Waals surface area contributed by atoms with Gasteiger partial charge in [-0.05, 0) is 66.8 Å². The van der Waals surface area contributed by atoms with Crippen LogP contribution in [0.25, 0.3) is 0 Å². The highest BCUT2D eigenvalue weighted by Gasteiger charge is 2.13. The van der Waals surface area contributed by atoms with E-state index >= 15 is 0 Å². The first kappa shape index (κ1) is 16.0. The van der Waals surface area contributed by atoms with Crippen molar-refractivity contribution in [1.82, 2.24) is 0 Å². The van der Waals surface area contributed by atoms with E-state index in [2.05, 4.69) is 15.9 Å². The molecule has 0 aliphatic rings. The van der Waals surface area contributed by atoms with Crippen molar-refractivity contribution >= 4 is 15.9 Å². The molecule has 0 saturated heterocycles. The number of hydrogen-bond donors (Lipinski definition) is 1. The molecule has 2 nitrogen and oxygen atoms in total. The summed E-state index contributed by atoms with van der Waals surface area (Å²) in [5.41, 5.74) is 7.71. The van der Waals surface area contributed by atoms with Crippen molar-refractivity contribution in [2.24, 2.45) is 11.7 Å². The summed E-state index contributed by atoms with van der Waals surface area (Å²) in [7, 11) is 1.65. The third-order valence-electron chi connectivity index (χ3n) is 3.51. The minimum Gasteiger partial charge on any atom is -0.497 e. The predicted octanol–water partition coefficient (Wildman–Crippen LogP) is 3.96. The predicted molar refractivity (Wildman–Crippen MR) is 87.0 cm³/mol. The van der Waals surface area contributed by atoms with E-state index in [9.17, 15) is 4.39 Å². The standard InChI is InChI=1S/C17H19BrFNO/c1-21-16-4-2-3-12(9-16)7-13(11-20)8-14-10-15(18)5-6-17(14)19/h2-6,9-10,13H,7-8,11,20H2,1H3. The van der Waals surface area contributed by atoms with Gasteiger partial charge < -0.3 is 10.5 Å². The van der Waals surface area contributed by atoms with E-state index < -0.39 is 0 Å². The van der Waals surface area contributed by atoms with Gasteiger partial charge in [-0.3, -0.25) is 0 Å². The van der Waals surface area contributed by atoms with Crippen LogP contribution in [-0.4, -0.2) is 13.7 Å². The van der Waals surface area contributed by atoms with Gasteiger partial charge in [-0.15, -0.1) is 0 Å². The van der Waals surface area contributed by atoms with E-state index in [1.807, 2.05) is 30.3 Å². The van der Waals surface area contributed by atoms with Crippen molar-refractivity contribution in [1.29, 1.82) is 0 Å². The Morgan fingerprint density at radius 1 is 1.19 bits per heavy atom. The number of ether oxygens (including phenoxy) is 1. The first-order valence-electron chi connectivity index (χ1n) is 6.89. The number of benzene rings is 2. The van der Waals surface area contributed by atoms with Gasteiger partial charge in [0.05, 0.1) is 7.11 Å². The van der Waals surface area contributed by atoms with Crippen molar-refractivity contribution in [2.45, 2.75) is 12.8 Å². The topological polar surface area (TPSA) is 35.2 Å². The molecular formula is C17H19BrFNO. The summed E-state index contributed by atoms with van der Waals surface area (Å²) in [5, 5.41) is 0. The quantitative estimate of drug-likeness (QED) is 0.854. The lowest BCUT2D eigenvalue weighted by atomic mass is 9.92. The summed E-state index contributed by atoms with van der Waals surface area (Å²) in [6.07, 6.45) is 1.43. The molecule has 0 bridgehead atoms. The molecule has 1 atom stereocenters. The van der Waals surface area contributed by atoms with E-state index in [0.717, 1.165) is 22.2 Å². The second-order valence-electron chi connectivity index (χ2n) is 5.10. The monoisotopic (exact) mass is 351 g/mol. The van der Waals surface area contributed by atoms with Gasteiger partial charge in [-0.25, -0.2) is 4.39 Å². The fourth-order valence-corrected chi connectivity index (χ4v) is 2.79. The van der Waals surface area contributed by atoms with Crippen LogP contribution in [0.5, 0.6) is 5.75 Å². The summed E-state index contributed by atoms with van der Waals surface area (Å²) >= 11 is 3.38. The normalized spacial score (nSPS) is 12.2. The molecular weight excluding hydrogens is 333 g/mol. The van der Waals surface area contributed by atoms with E-state index in [1.165, 1.54) is 6.07 Å². The average Bonchev–Trinajstić information content (AvgIpc) is 2.50. The molecule has 0 heterocycles. The zero-order chi connectivity index (χ0) is 15.2. The van der Waals surface area contributed by atoms with Gasteiger partial charge in [0, 0.05) is 4.47 Å². The highest BCUT2D eigenvalue weighted by Crippen LogP contribution is 2.22. The zero-order valence-electron chi connectivity index (χ0n) is 12.0. The van der Waals surface area contributed by atoms with Gasteiger partial charge in [-0.2, -0.15) is 0 Å². The van der Waals surface area contributed by atoms with E-state index in [4.69, 9.17) is 10.5 Å². The van der Waals surface area contributed by atoms with Gasteiger partial charge in [0.25, 0.3) is 0 Å². The van der Waals surface area contributed by atoms with Crippen molar-refractivity contribution in [3.63, 3.8) is 0 Å². The molecule has 0 fully saturated rings. The summed E-state index contributed by atoms with van der Waals surface area (Å²) in [4.78, 5) is 0. The summed E-state index contributed by atoms with van der Waals surface area (Å²) in [5.74, 6) is 0.847. The van der Waals surface area contributed by atoms with Gasteiger partial charge in [0.1, 0.15) is 11.6 Å². The molecule has 0 saturated carbocycles. The van der Waals surface area contributed by atoms with Crippen LogP contribution in [0.2, 0.25) is 0 Å². The molecule has 2 rings (SSSR count). The summed E-state index contributed by atoms with van der Waals surface area (Å²) in [6.45, 7) is 0.517. The number of nitrogens with two attached hydrogens (primary N) is 1. The lowest BCUT2D eigenvalue weighted by Crippen LogP contribution is -2.20. The Hall–Kier alpha value is -1.39. The van der Waals surface area contributed by atoms with Crippen molar-refractivity contribution in [2.75, 3.05) is 13.7 Å². The van der Waals surface area contributed by atoms with E-state index in [1.54, 1.807) is 13.2 Å². The number of rotatable bonds is 6. The second-order valence-corrected chi connectivity index (χ2v) is 6.01. The Morgan fingerprint density at radius 3 is 2.71 bits per heavy atom. The Kier molecular flexibility index (Phi) is 5.76. The minimum absolute atomic E-state index is 0.178. The van der Waals surface area contributed by atoms with Crippen LogP contribution in [0, 0.1) is 11.7 Å². The Labute approximate surface area is 133 Å². The second kappa shape index (κ2) is 7.57. The molecule has 0 aliphatic carbocycles. The molecule has 0 radical (unpaired) electrons. The summed E-state index contributed by atoms with van der Waals surface area (Å²) in [6, 6.07) is 12.9. The molecule has 2 aromatic rings. The van der Waals surface area contributed by atoms with Crippen LogP contribution in [-0.2, 0) is 12.8 Å². The van der Waals surface area contributed by atoms with Crippen LogP contribution in [0.3, 0.4) is 0 Å². The molecule has 2 aromatic carbocycles. The van der Waals surface area contributed by atoms with Gasteiger partial charge in [0.15, 0.2) is 0 Å².